The molecule has 0 unspecified atom stereocenters. The molecule has 0 aromatic heterocycles. The Hall–Kier alpha value is -1.64. The van der Waals surface area contributed by atoms with Gasteiger partial charge in [0.1, 0.15) is 5.82 Å². The molecule has 3 heteroatoms. The van der Waals surface area contributed by atoms with Crippen LogP contribution in [0.25, 0.3) is 0 Å². The number of Topliss-reactive ketones (excluding diaryl/α,β-unsaturated/α-hetero) is 1. The zero-order valence-electron chi connectivity index (χ0n) is 9.87. The van der Waals surface area contributed by atoms with Crippen LogP contribution in [0.2, 0.25) is 0 Å². The van der Waals surface area contributed by atoms with Crippen molar-refractivity contribution >= 4 is 11.5 Å². The molecule has 0 amide bonds. The summed E-state index contributed by atoms with van der Waals surface area (Å²) >= 11 is 0. The Bertz CT molecular complexity index is 453. The maximum Gasteiger partial charge on any atom is 0.163 e. The number of para-hydroxylation sites is 1. The van der Waals surface area contributed by atoms with Crippen molar-refractivity contribution in [3.05, 3.63) is 41.9 Å². The lowest BCUT2D eigenvalue weighted by molar-refractivity contribution is -0.119. The lowest BCUT2D eigenvalue weighted by atomic mass is 9.86. The number of ketones is 1. The Kier molecular flexibility index (Phi) is 3.57. The van der Waals surface area contributed by atoms with Gasteiger partial charge in [0, 0.05) is 17.7 Å². The second kappa shape index (κ2) is 5.13. The number of hydrogen-bond acceptors (Lipinski definition) is 2. The van der Waals surface area contributed by atoms with Crippen LogP contribution >= 0.6 is 0 Å². The van der Waals surface area contributed by atoms with Crippen molar-refractivity contribution in [1.29, 1.82) is 0 Å². The van der Waals surface area contributed by atoms with Gasteiger partial charge in [-0.05, 0) is 31.4 Å². The highest BCUT2D eigenvalue weighted by Crippen LogP contribution is 2.25. The summed E-state index contributed by atoms with van der Waals surface area (Å²) in [5, 5.41) is 2.88. The molecular weight excluding hydrogens is 217 g/mol. The summed E-state index contributed by atoms with van der Waals surface area (Å²) < 4.78 is 13.3. The molecule has 1 N–H and O–H groups in total. The van der Waals surface area contributed by atoms with Gasteiger partial charge in [0.15, 0.2) is 5.78 Å². The summed E-state index contributed by atoms with van der Waals surface area (Å²) in [5.74, 6) is -0.0295. The van der Waals surface area contributed by atoms with Crippen molar-refractivity contribution in [2.24, 2.45) is 5.92 Å². The number of allylic oxidation sites excluding steroid dienone is 1. The molecule has 0 spiro atoms. The minimum Gasteiger partial charge on any atom is -0.359 e. The molecule has 90 valence electrons. The highest BCUT2D eigenvalue weighted by molar-refractivity contribution is 5.97. The van der Waals surface area contributed by atoms with Gasteiger partial charge in [0.05, 0.1) is 5.69 Å². The molecule has 1 atom stereocenters. The fourth-order valence-electron chi connectivity index (χ4n) is 2.06. The quantitative estimate of drug-likeness (QED) is 0.792. The first-order valence-electron chi connectivity index (χ1n) is 5.93. The summed E-state index contributed by atoms with van der Waals surface area (Å²) in [6.07, 6.45) is 4.41. The standard InChI is InChI=1S/C14H16FNO/c1-10-5-4-6-11(14(10)17)9-16-13-8-3-2-7-12(13)15/h2-3,7-10,16H,4-6H2,1H3/b11-9-/t10-/m1/s1. The summed E-state index contributed by atoms with van der Waals surface area (Å²) in [4.78, 5) is 11.8. The van der Waals surface area contributed by atoms with Gasteiger partial charge < -0.3 is 5.32 Å². The molecule has 0 saturated heterocycles. The third kappa shape index (κ3) is 2.73. The average molecular weight is 233 g/mol. The van der Waals surface area contributed by atoms with E-state index in [4.69, 9.17) is 0 Å². The van der Waals surface area contributed by atoms with Crippen molar-refractivity contribution < 1.29 is 9.18 Å². The number of halogens is 1. The third-order valence-corrected chi connectivity index (χ3v) is 3.12. The van der Waals surface area contributed by atoms with Gasteiger partial charge in [-0.2, -0.15) is 0 Å². The van der Waals surface area contributed by atoms with Crippen LogP contribution in [-0.4, -0.2) is 5.78 Å². The minimum absolute atomic E-state index is 0.0948. The van der Waals surface area contributed by atoms with Crippen molar-refractivity contribution in [2.45, 2.75) is 26.2 Å². The van der Waals surface area contributed by atoms with Gasteiger partial charge in [-0.3, -0.25) is 4.79 Å². The highest BCUT2D eigenvalue weighted by Gasteiger charge is 2.22. The number of nitrogens with one attached hydrogen (secondary N) is 1. The van der Waals surface area contributed by atoms with E-state index in [2.05, 4.69) is 5.32 Å². The molecule has 0 radical (unpaired) electrons. The van der Waals surface area contributed by atoms with Gasteiger partial charge in [0.25, 0.3) is 0 Å². The molecule has 2 nitrogen and oxygen atoms in total. The van der Waals surface area contributed by atoms with Crippen molar-refractivity contribution in [3.8, 4) is 0 Å². The number of carbonyl (C=O) groups excluding carboxylic acids is 1. The van der Waals surface area contributed by atoms with E-state index in [0.717, 1.165) is 24.8 Å². The van der Waals surface area contributed by atoms with Crippen LogP contribution in [-0.2, 0) is 4.79 Å². The van der Waals surface area contributed by atoms with Crippen LogP contribution in [0.3, 0.4) is 0 Å². The predicted octanol–water partition coefficient (Wildman–Crippen LogP) is 3.51. The van der Waals surface area contributed by atoms with Crippen LogP contribution in [0.4, 0.5) is 10.1 Å². The van der Waals surface area contributed by atoms with Crippen molar-refractivity contribution in [2.75, 3.05) is 5.32 Å². The van der Waals surface area contributed by atoms with Crippen molar-refractivity contribution in [1.82, 2.24) is 0 Å². The zero-order valence-corrected chi connectivity index (χ0v) is 9.87. The van der Waals surface area contributed by atoms with Gasteiger partial charge in [-0.1, -0.05) is 19.1 Å². The van der Waals surface area contributed by atoms with Crippen molar-refractivity contribution in [3.63, 3.8) is 0 Å². The highest BCUT2D eigenvalue weighted by atomic mass is 19.1. The van der Waals surface area contributed by atoms with E-state index in [0.29, 0.717) is 5.69 Å². The molecule has 1 aromatic rings. The molecular formula is C14H16FNO. The summed E-state index contributed by atoms with van der Waals surface area (Å²) in [6, 6.07) is 6.45. The van der Waals surface area contributed by atoms with E-state index < -0.39 is 0 Å². The molecule has 1 aliphatic carbocycles. The van der Waals surface area contributed by atoms with E-state index in [1.54, 1.807) is 24.4 Å². The SMILES string of the molecule is C[C@@H]1CCC/C(=C/Nc2ccccc2F)C1=O. The van der Waals surface area contributed by atoms with E-state index in [1.165, 1.54) is 6.07 Å². The van der Waals surface area contributed by atoms with E-state index in [1.807, 2.05) is 6.92 Å². The van der Waals surface area contributed by atoms with Crippen LogP contribution in [0.1, 0.15) is 26.2 Å². The lowest BCUT2D eigenvalue weighted by Crippen LogP contribution is -2.19. The summed E-state index contributed by atoms with van der Waals surface area (Å²) in [6.45, 7) is 1.94. The molecule has 1 aromatic carbocycles. The normalized spacial score (nSPS) is 22.8. The minimum atomic E-state index is -0.305. The van der Waals surface area contributed by atoms with Gasteiger partial charge in [0.2, 0.25) is 0 Å². The predicted molar refractivity (Wildman–Crippen MR) is 66.1 cm³/mol. The molecule has 0 aliphatic heterocycles. The van der Waals surface area contributed by atoms with Gasteiger partial charge in [-0.25, -0.2) is 4.39 Å². The van der Waals surface area contributed by atoms with Crippen LogP contribution in [0.15, 0.2) is 36.0 Å². The Morgan fingerprint density at radius 3 is 2.94 bits per heavy atom. The second-order valence-electron chi connectivity index (χ2n) is 4.45. The fraction of sp³-hybridized carbons (Fsp3) is 0.357. The molecule has 2 rings (SSSR count). The first-order chi connectivity index (χ1) is 8.18. The topological polar surface area (TPSA) is 29.1 Å². The Morgan fingerprint density at radius 1 is 1.41 bits per heavy atom. The number of carbonyl (C=O) groups is 1. The monoisotopic (exact) mass is 233 g/mol. The third-order valence-electron chi connectivity index (χ3n) is 3.12. The zero-order chi connectivity index (χ0) is 12.3. The number of rotatable bonds is 2. The Labute approximate surface area is 101 Å². The number of hydrogen-bond donors (Lipinski definition) is 1. The molecule has 17 heavy (non-hydrogen) atoms. The van der Waals surface area contributed by atoms with E-state index in [-0.39, 0.29) is 17.5 Å². The smallest absolute Gasteiger partial charge is 0.163 e. The first kappa shape index (κ1) is 11.8. The Balaban J connectivity index is 2.10. The largest absolute Gasteiger partial charge is 0.359 e. The van der Waals surface area contributed by atoms with Gasteiger partial charge in [-0.15, -0.1) is 0 Å². The number of anilines is 1. The number of benzene rings is 1. The van der Waals surface area contributed by atoms with Crippen LogP contribution in [0, 0.1) is 11.7 Å². The first-order valence-corrected chi connectivity index (χ1v) is 5.93. The average Bonchev–Trinajstić information content (AvgIpc) is 2.33. The summed E-state index contributed by atoms with van der Waals surface area (Å²) in [5.41, 5.74) is 1.18. The lowest BCUT2D eigenvalue weighted by Gasteiger charge is -2.19. The van der Waals surface area contributed by atoms with E-state index in [9.17, 15) is 9.18 Å². The van der Waals surface area contributed by atoms with Crippen LogP contribution < -0.4 is 5.32 Å². The fourth-order valence-corrected chi connectivity index (χ4v) is 2.06. The molecule has 1 saturated carbocycles. The van der Waals surface area contributed by atoms with E-state index >= 15 is 0 Å². The second-order valence-corrected chi connectivity index (χ2v) is 4.45. The maximum absolute atomic E-state index is 13.3. The van der Waals surface area contributed by atoms with Gasteiger partial charge >= 0.3 is 0 Å². The molecule has 1 fully saturated rings. The maximum atomic E-state index is 13.3. The van der Waals surface area contributed by atoms with Crippen LogP contribution in [0.5, 0.6) is 0 Å². The Morgan fingerprint density at radius 2 is 2.18 bits per heavy atom. The molecule has 1 aliphatic rings. The molecule has 0 bridgehead atoms. The summed E-state index contributed by atoms with van der Waals surface area (Å²) in [7, 11) is 0. The molecule has 0 heterocycles.